The average Bonchev–Trinajstić information content (AvgIpc) is 2.40. The Morgan fingerprint density at radius 2 is 1.41 bits per heavy atom. The maximum atomic E-state index is 2.02. The summed E-state index contributed by atoms with van der Waals surface area (Å²) in [4.78, 5) is 2.02. The van der Waals surface area contributed by atoms with Crippen LogP contribution < -0.4 is 4.90 Å². The van der Waals surface area contributed by atoms with Crippen LogP contribution >= 0.6 is 0 Å². The molecule has 0 spiro atoms. The molecule has 2 aliphatic carbocycles. The molecule has 1 N–H and O–H groups in total. The number of hydrogen-bond acceptors (Lipinski definition) is 0. The van der Waals surface area contributed by atoms with Gasteiger partial charge in [0.15, 0.2) is 0 Å². The standard InChI is InChI=1S/C16H29N/c1-2-7-14(8-3-1)13-17-12-6-10-15-9-4-5-11-16(15)17/h14-16H,1-13H2/p+1. The van der Waals surface area contributed by atoms with E-state index in [1.807, 2.05) is 4.90 Å². The number of quaternary nitrogens is 1. The fourth-order valence-electron chi connectivity index (χ4n) is 4.88. The summed E-state index contributed by atoms with van der Waals surface area (Å²) in [6.07, 6.45) is 16.9. The van der Waals surface area contributed by atoms with E-state index in [1.54, 1.807) is 32.1 Å². The molecule has 3 fully saturated rings. The van der Waals surface area contributed by atoms with Crippen molar-refractivity contribution in [2.24, 2.45) is 11.8 Å². The van der Waals surface area contributed by atoms with Crippen LogP contribution in [-0.4, -0.2) is 19.1 Å². The van der Waals surface area contributed by atoms with Crippen LogP contribution in [0.3, 0.4) is 0 Å². The van der Waals surface area contributed by atoms with E-state index in [2.05, 4.69) is 0 Å². The normalized spacial score (nSPS) is 39.9. The molecule has 3 rings (SSSR count). The SMILES string of the molecule is C1CCC(C[NH+]2CCCC3CCCCC32)CC1. The Kier molecular flexibility index (Phi) is 4.05. The molecule has 1 aliphatic heterocycles. The molecule has 1 heteroatoms. The Morgan fingerprint density at radius 1 is 0.706 bits per heavy atom. The third kappa shape index (κ3) is 2.86. The van der Waals surface area contributed by atoms with E-state index >= 15 is 0 Å². The molecule has 3 aliphatic rings. The fourth-order valence-corrected chi connectivity index (χ4v) is 4.88. The topological polar surface area (TPSA) is 4.44 Å². The van der Waals surface area contributed by atoms with E-state index in [1.165, 1.54) is 51.6 Å². The molecule has 0 aromatic rings. The quantitative estimate of drug-likeness (QED) is 0.752. The lowest BCUT2D eigenvalue weighted by Gasteiger charge is -2.42. The number of likely N-dealkylation sites (tertiary alicyclic amines) is 1. The Bertz CT molecular complexity index is 230. The molecule has 0 bridgehead atoms. The van der Waals surface area contributed by atoms with Gasteiger partial charge in [-0.25, -0.2) is 0 Å². The molecule has 0 aromatic heterocycles. The minimum atomic E-state index is 1.07. The van der Waals surface area contributed by atoms with Gasteiger partial charge in [-0.15, -0.1) is 0 Å². The third-order valence-electron chi connectivity index (χ3n) is 5.78. The predicted octanol–water partition coefficient (Wildman–Crippen LogP) is 2.80. The highest BCUT2D eigenvalue weighted by Crippen LogP contribution is 2.29. The second kappa shape index (κ2) is 5.73. The monoisotopic (exact) mass is 236 g/mol. The molecule has 0 aromatic carbocycles. The summed E-state index contributed by atoms with van der Waals surface area (Å²) in [5.74, 6) is 2.19. The maximum Gasteiger partial charge on any atom is 0.0903 e. The van der Waals surface area contributed by atoms with Crippen molar-refractivity contribution in [1.29, 1.82) is 0 Å². The zero-order chi connectivity index (χ0) is 11.5. The zero-order valence-corrected chi connectivity index (χ0v) is 11.4. The van der Waals surface area contributed by atoms with E-state index in [9.17, 15) is 0 Å². The molecular formula is C16H30N+. The summed E-state index contributed by atoms with van der Waals surface area (Å²) in [5, 5.41) is 0. The molecular weight excluding hydrogens is 206 g/mol. The van der Waals surface area contributed by atoms with Crippen molar-refractivity contribution in [3.63, 3.8) is 0 Å². The minimum absolute atomic E-state index is 1.07. The highest BCUT2D eigenvalue weighted by molar-refractivity contribution is 4.78. The van der Waals surface area contributed by atoms with Crippen molar-refractivity contribution in [1.82, 2.24) is 0 Å². The van der Waals surface area contributed by atoms with Gasteiger partial charge in [-0.05, 0) is 44.9 Å². The Morgan fingerprint density at radius 3 is 2.29 bits per heavy atom. The summed E-state index contributed by atoms with van der Waals surface area (Å²) in [5.41, 5.74) is 0. The number of rotatable bonds is 2. The van der Waals surface area contributed by atoms with Crippen LogP contribution in [0.15, 0.2) is 0 Å². The Hall–Kier alpha value is -0.0400. The highest BCUT2D eigenvalue weighted by atomic mass is 15.2. The van der Waals surface area contributed by atoms with Crippen LogP contribution in [0.2, 0.25) is 0 Å². The average molecular weight is 236 g/mol. The van der Waals surface area contributed by atoms with Crippen molar-refractivity contribution < 1.29 is 4.90 Å². The third-order valence-corrected chi connectivity index (χ3v) is 5.78. The van der Waals surface area contributed by atoms with E-state index in [4.69, 9.17) is 0 Å². The summed E-state index contributed by atoms with van der Waals surface area (Å²) in [6.45, 7) is 3.03. The van der Waals surface area contributed by atoms with E-state index in [0.29, 0.717) is 0 Å². The van der Waals surface area contributed by atoms with Gasteiger partial charge in [0.05, 0.1) is 19.1 Å². The van der Waals surface area contributed by atoms with Gasteiger partial charge in [-0.1, -0.05) is 25.7 Å². The van der Waals surface area contributed by atoms with Crippen LogP contribution in [0.5, 0.6) is 0 Å². The van der Waals surface area contributed by atoms with Crippen LogP contribution in [0.4, 0.5) is 0 Å². The van der Waals surface area contributed by atoms with E-state index in [0.717, 1.165) is 17.9 Å². The zero-order valence-electron chi connectivity index (χ0n) is 11.4. The van der Waals surface area contributed by atoms with Gasteiger partial charge in [-0.2, -0.15) is 0 Å². The van der Waals surface area contributed by atoms with Gasteiger partial charge in [0.25, 0.3) is 0 Å². The molecule has 0 radical (unpaired) electrons. The lowest BCUT2D eigenvalue weighted by molar-refractivity contribution is -0.939. The van der Waals surface area contributed by atoms with Crippen LogP contribution in [-0.2, 0) is 0 Å². The lowest BCUT2D eigenvalue weighted by atomic mass is 9.77. The minimum Gasteiger partial charge on any atom is -0.332 e. The summed E-state index contributed by atoms with van der Waals surface area (Å²) in [6, 6.07) is 1.07. The van der Waals surface area contributed by atoms with Crippen molar-refractivity contribution in [2.45, 2.75) is 76.7 Å². The summed E-state index contributed by atoms with van der Waals surface area (Å²) in [7, 11) is 0. The number of fused-ring (bicyclic) bond motifs is 1. The van der Waals surface area contributed by atoms with Crippen LogP contribution in [0, 0.1) is 11.8 Å². The molecule has 17 heavy (non-hydrogen) atoms. The highest BCUT2D eigenvalue weighted by Gasteiger charge is 2.37. The van der Waals surface area contributed by atoms with Crippen molar-refractivity contribution in [3.8, 4) is 0 Å². The second-order valence-corrected chi connectivity index (χ2v) is 6.91. The molecule has 0 amide bonds. The van der Waals surface area contributed by atoms with Gasteiger partial charge >= 0.3 is 0 Å². The Labute approximate surface area is 107 Å². The first-order valence-corrected chi connectivity index (χ1v) is 8.28. The summed E-state index contributed by atoms with van der Waals surface area (Å²) >= 11 is 0. The smallest absolute Gasteiger partial charge is 0.0903 e. The lowest BCUT2D eigenvalue weighted by Crippen LogP contribution is -3.18. The number of piperidine rings is 1. The largest absolute Gasteiger partial charge is 0.332 e. The molecule has 98 valence electrons. The molecule has 1 saturated heterocycles. The predicted molar refractivity (Wildman–Crippen MR) is 72.3 cm³/mol. The number of nitrogens with one attached hydrogen (secondary N) is 1. The van der Waals surface area contributed by atoms with Crippen LogP contribution in [0.1, 0.15) is 70.6 Å². The van der Waals surface area contributed by atoms with Crippen molar-refractivity contribution in [2.75, 3.05) is 13.1 Å². The first-order chi connectivity index (χ1) is 8.43. The number of hydrogen-bond donors (Lipinski definition) is 1. The van der Waals surface area contributed by atoms with Crippen molar-refractivity contribution >= 4 is 0 Å². The Balaban J connectivity index is 1.56. The van der Waals surface area contributed by atoms with Crippen molar-refractivity contribution in [3.05, 3.63) is 0 Å². The van der Waals surface area contributed by atoms with Gasteiger partial charge in [0.1, 0.15) is 0 Å². The van der Waals surface area contributed by atoms with E-state index < -0.39 is 0 Å². The van der Waals surface area contributed by atoms with Crippen LogP contribution in [0.25, 0.3) is 0 Å². The molecule has 1 nitrogen and oxygen atoms in total. The fraction of sp³-hybridized carbons (Fsp3) is 1.00. The van der Waals surface area contributed by atoms with Gasteiger partial charge < -0.3 is 4.90 Å². The van der Waals surface area contributed by atoms with Gasteiger partial charge in [0, 0.05) is 11.8 Å². The van der Waals surface area contributed by atoms with Gasteiger partial charge in [0.2, 0.25) is 0 Å². The maximum absolute atomic E-state index is 2.02. The molecule has 2 saturated carbocycles. The molecule has 1 heterocycles. The summed E-state index contributed by atoms with van der Waals surface area (Å²) < 4.78 is 0. The first-order valence-electron chi connectivity index (χ1n) is 8.28. The van der Waals surface area contributed by atoms with E-state index in [-0.39, 0.29) is 0 Å². The van der Waals surface area contributed by atoms with Gasteiger partial charge in [-0.3, -0.25) is 0 Å². The second-order valence-electron chi connectivity index (χ2n) is 6.91. The first kappa shape index (κ1) is 12.0. The molecule has 3 unspecified atom stereocenters. The molecule has 3 atom stereocenters.